The number of carbonyl (C=O) groups is 1. The number of carbonyl (C=O) groups excluding carboxylic acids is 1. The van der Waals surface area contributed by atoms with E-state index in [4.69, 9.17) is 14.7 Å². The van der Waals surface area contributed by atoms with Crippen LogP contribution < -0.4 is 9.47 Å². The predicted octanol–water partition coefficient (Wildman–Crippen LogP) is 2.75. The zero-order valence-electron chi connectivity index (χ0n) is 13.1. The highest BCUT2D eigenvalue weighted by Gasteiger charge is 2.34. The van der Waals surface area contributed by atoms with E-state index >= 15 is 0 Å². The number of hydrogen-bond donors (Lipinski definition) is 0. The SMILES string of the molecule is COc1cc(C#N)ccc1OC(=O)C1CCN(CC(F)(F)F)CC1. The molecule has 2 rings (SSSR count). The Labute approximate surface area is 137 Å². The molecule has 1 aromatic carbocycles. The molecule has 1 aliphatic heterocycles. The molecular weight excluding hydrogens is 325 g/mol. The zero-order valence-corrected chi connectivity index (χ0v) is 13.1. The van der Waals surface area contributed by atoms with Crippen molar-refractivity contribution in [2.24, 2.45) is 5.92 Å². The molecule has 1 aromatic rings. The molecule has 1 aliphatic rings. The summed E-state index contributed by atoms with van der Waals surface area (Å²) in [4.78, 5) is 13.5. The molecule has 0 N–H and O–H groups in total. The van der Waals surface area contributed by atoms with Crippen molar-refractivity contribution >= 4 is 5.97 Å². The number of likely N-dealkylation sites (tertiary alicyclic amines) is 1. The first kappa shape index (κ1) is 18.1. The Morgan fingerprint density at radius 3 is 2.54 bits per heavy atom. The molecule has 130 valence electrons. The van der Waals surface area contributed by atoms with Crippen molar-refractivity contribution in [2.75, 3.05) is 26.7 Å². The first-order chi connectivity index (χ1) is 11.3. The van der Waals surface area contributed by atoms with Crippen molar-refractivity contribution in [3.05, 3.63) is 23.8 Å². The number of methoxy groups -OCH3 is 1. The Balaban J connectivity index is 1.94. The molecule has 8 heteroatoms. The lowest BCUT2D eigenvalue weighted by atomic mass is 9.97. The summed E-state index contributed by atoms with van der Waals surface area (Å²) in [5.74, 6) is -0.490. The van der Waals surface area contributed by atoms with Crippen LogP contribution in [-0.4, -0.2) is 43.8 Å². The van der Waals surface area contributed by atoms with Crippen LogP contribution in [0.4, 0.5) is 13.2 Å². The van der Waals surface area contributed by atoms with E-state index in [-0.39, 0.29) is 24.6 Å². The van der Waals surface area contributed by atoms with Crippen LogP contribution in [0.2, 0.25) is 0 Å². The summed E-state index contributed by atoms with van der Waals surface area (Å²) in [5, 5.41) is 8.84. The van der Waals surface area contributed by atoms with Gasteiger partial charge in [0.15, 0.2) is 11.5 Å². The largest absolute Gasteiger partial charge is 0.493 e. The van der Waals surface area contributed by atoms with E-state index in [1.165, 1.54) is 30.2 Å². The lowest BCUT2D eigenvalue weighted by Gasteiger charge is -2.31. The molecule has 1 heterocycles. The zero-order chi connectivity index (χ0) is 17.7. The fourth-order valence-corrected chi connectivity index (χ4v) is 2.59. The van der Waals surface area contributed by atoms with Crippen LogP contribution in [-0.2, 0) is 4.79 Å². The summed E-state index contributed by atoms with van der Waals surface area (Å²) in [7, 11) is 1.39. The predicted molar refractivity (Wildman–Crippen MR) is 78.6 cm³/mol. The van der Waals surface area contributed by atoms with E-state index in [2.05, 4.69) is 0 Å². The molecule has 0 aliphatic carbocycles. The summed E-state index contributed by atoms with van der Waals surface area (Å²) in [6.45, 7) is -0.564. The van der Waals surface area contributed by atoms with Gasteiger partial charge in [-0.3, -0.25) is 9.69 Å². The number of halogens is 3. The molecule has 0 saturated carbocycles. The first-order valence-electron chi connectivity index (χ1n) is 7.41. The lowest BCUT2D eigenvalue weighted by molar-refractivity contribution is -0.151. The normalized spacial score (nSPS) is 16.5. The van der Waals surface area contributed by atoms with Crippen LogP contribution in [0.15, 0.2) is 18.2 Å². The Kier molecular flexibility index (Phi) is 5.67. The number of alkyl halides is 3. The molecule has 0 bridgehead atoms. The van der Waals surface area contributed by atoms with E-state index < -0.39 is 24.6 Å². The quantitative estimate of drug-likeness (QED) is 0.622. The highest BCUT2D eigenvalue weighted by molar-refractivity contribution is 5.76. The molecular formula is C16H17F3N2O3. The number of nitriles is 1. The van der Waals surface area contributed by atoms with Gasteiger partial charge in [-0.25, -0.2) is 0 Å². The second-order valence-electron chi connectivity index (χ2n) is 5.56. The van der Waals surface area contributed by atoms with Gasteiger partial charge >= 0.3 is 12.1 Å². The minimum absolute atomic E-state index is 0.194. The third-order valence-electron chi connectivity index (χ3n) is 3.83. The van der Waals surface area contributed by atoms with Crippen molar-refractivity contribution in [1.29, 1.82) is 5.26 Å². The van der Waals surface area contributed by atoms with Gasteiger partial charge in [-0.15, -0.1) is 0 Å². The van der Waals surface area contributed by atoms with Gasteiger partial charge in [0.2, 0.25) is 0 Å². The third kappa shape index (κ3) is 4.86. The van der Waals surface area contributed by atoms with Crippen molar-refractivity contribution in [3.8, 4) is 17.6 Å². The minimum atomic E-state index is -4.23. The van der Waals surface area contributed by atoms with E-state index in [9.17, 15) is 18.0 Å². The first-order valence-corrected chi connectivity index (χ1v) is 7.41. The van der Waals surface area contributed by atoms with Crippen LogP contribution >= 0.6 is 0 Å². The van der Waals surface area contributed by atoms with Gasteiger partial charge in [0.1, 0.15) is 0 Å². The van der Waals surface area contributed by atoms with Crippen molar-refractivity contribution < 1.29 is 27.4 Å². The van der Waals surface area contributed by atoms with Crippen molar-refractivity contribution in [1.82, 2.24) is 4.90 Å². The van der Waals surface area contributed by atoms with E-state index in [1.54, 1.807) is 0 Å². The van der Waals surface area contributed by atoms with Gasteiger partial charge in [0.05, 0.1) is 31.2 Å². The molecule has 0 spiro atoms. The third-order valence-corrected chi connectivity index (χ3v) is 3.83. The van der Waals surface area contributed by atoms with Crippen LogP contribution in [0.5, 0.6) is 11.5 Å². The van der Waals surface area contributed by atoms with Gasteiger partial charge in [0.25, 0.3) is 0 Å². The summed E-state index contributed by atoms with van der Waals surface area (Å²) < 4.78 is 47.5. The number of ether oxygens (including phenoxy) is 2. The molecule has 5 nitrogen and oxygen atoms in total. The van der Waals surface area contributed by atoms with Crippen LogP contribution in [0.25, 0.3) is 0 Å². The fourth-order valence-electron chi connectivity index (χ4n) is 2.59. The van der Waals surface area contributed by atoms with Crippen molar-refractivity contribution in [3.63, 3.8) is 0 Å². The maximum atomic E-state index is 12.4. The van der Waals surface area contributed by atoms with Crippen LogP contribution in [0, 0.1) is 17.2 Å². The molecule has 24 heavy (non-hydrogen) atoms. The lowest BCUT2D eigenvalue weighted by Crippen LogP contribution is -2.42. The highest BCUT2D eigenvalue weighted by atomic mass is 19.4. The highest BCUT2D eigenvalue weighted by Crippen LogP contribution is 2.30. The Bertz CT molecular complexity index is 632. The average molecular weight is 342 g/mol. The summed E-state index contributed by atoms with van der Waals surface area (Å²) in [5.41, 5.74) is 0.368. The maximum Gasteiger partial charge on any atom is 0.401 e. The number of rotatable bonds is 4. The summed E-state index contributed by atoms with van der Waals surface area (Å²) in [6, 6.07) is 6.37. The molecule has 0 atom stereocenters. The van der Waals surface area contributed by atoms with Crippen LogP contribution in [0.1, 0.15) is 18.4 Å². The Morgan fingerprint density at radius 1 is 1.33 bits per heavy atom. The molecule has 1 saturated heterocycles. The molecule has 0 unspecified atom stereocenters. The summed E-state index contributed by atoms with van der Waals surface area (Å²) in [6.07, 6.45) is -3.61. The molecule has 0 amide bonds. The van der Waals surface area contributed by atoms with Crippen LogP contribution in [0.3, 0.4) is 0 Å². The number of esters is 1. The topological polar surface area (TPSA) is 62.6 Å². The monoisotopic (exact) mass is 342 g/mol. The molecule has 0 radical (unpaired) electrons. The van der Waals surface area contributed by atoms with Gasteiger partial charge in [-0.2, -0.15) is 18.4 Å². The molecule has 1 fully saturated rings. The second-order valence-corrected chi connectivity index (χ2v) is 5.56. The summed E-state index contributed by atoms with van der Waals surface area (Å²) >= 11 is 0. The van der Waals surface area contributed by atoms with Crippen molar-refractivity contribution in [2.45, 2.75) is 19.0 Å². The van der Waals surface area contributed by atoms with E-state index in [1.807, 2.05) is 6.07 Å². The van der Waals surface area contributed by atoms with Gasteiger partial charge in [-0.1, -0.05) is 0 Å². The van der Waals surface area contributed by atoms with Gasteiger partial charge < -0.3 is 9.47 Å². The average Bonchev–Trinajstić information content (AvgIpc) is 2.54. The van der Waals surface area contributed by atoms with Gasteiger partial charge in [-0.05, 0) is 38.1 Å². The maximum absolute atomic E-state index is 12.4. The number of nitrogens with zero attached hydrogens (tertiary/aromatic N) is 2. The van der Waals surface area contributed by atoms with Gasteiger partial charge in [0, 0.05) is 6.07 Å². The second kappa shape index (κ2) is 7.53. The number of benzene rings is 1. The standard InChI is InChI=1S/C16H17F3N2O3/c1-23-14-8-11(9-20)2-3-13(14)24-15(22)12-4-6-21(7-5-12)10-16(17,18)19/h2-3,8,12H,4-7,10H2,1H3. The van der Waals surface area contributed by atoms with E-state index in [0.717, 1.165) is 0 Å². The number of hydrogen-bond acceptors (Lipinski definition) is 5. The Hall–Kier alpha value is -2.27. The van der Waals surface area contributed by atoms with E-state index in [0.29, 0.717) is 18.4 Å². The smallest absolute Gasteiger partial charge is 0.401 e. The minimum Gasteiger partial charge on any atom is -0.493 e. The number of piperidine rings is 1. The fraction of sp³-hybridized carbons (Fsp3) is 0.500. The molecule has 0 aromatic heterocycles. The Morgan fingerprint density at radius 2 is 2.00 bits per heavy atom.